The maximum Gasteiger partial charge on any atom is 0.124 e. The Morgan fingerprint density at radius 1 is 1.32 bits per heavy atom. The van der Waals surface area contributed by atoms with Crippen molar-refractivity contribution in [2.45, 2.75) is 52.7 Å². The first-order valence-electron chi connectivity index (χ1n) is 8.43. The van der Waals surface area contributed by atoms with Crippen LogP contribution in [0.5, 0.6) is 0 Å². The molecule has 3 rings (SSSR count). The van der Waals surface area contributed by atoms with Gasteiger partial charge in [0.1, 0.15) is 5.82 Å². The van der Waals surface area contributed by atoms with Gasteiger partial charge in [-0.05, 0) is 30.4 Å². The van der Waals surface area contributed by atoms with Crippen molar-refractivity contribution in [3.63, 3.8) is 0 Å². The zero-order chi connectivity index (χ0) is 15.7. The summed E-state index contributed by atoms with van der Waals surface area (Å²) in [6.07, 6.45) is 2.20. The van der Waals surface area contributed by atoms with Gasteiger partial charge in [-0.1, -0.05) is 32.9 Å². The Labute approximate surface area is 133 Å². The Hall–Kier alpha value is -1.39. The molecule has 1 fully saturated rings. The van der Waals surface area contributed by atoms with Gasteiger partial charge in [0.2, 0.25) is 0 Å². The number of aromatic nitrogens is 2. The summed E-state index contributed by atoms with van der Waals surface area (Å²) < 4.78 is 2.39. The van der Waals surface area contributed by atoms with Gasteiger partial charge in [0, 0.05) is 25.7 Å². The van der Waals surface area contributed by atoms with E-state index in [1.54, 1.807) is 0 Å². The highest BCUT2D eigenvalue weighted by Crippen LogP contribution is 2.29. The number of rotatable bonds is 4. The molecule has 0 aliphatic carbocycles. The number of fused-ring (bicyclic) bond motifs is 1. The summed E-state index contributed by atoms with van der Waals surface area (Å²) in [7, 11) is 0. The quantitative estimate of drug-likeness (QED) is 0.944. The third kappa shape index (κ3) is 2.90. The van der Waals surface area contributed by atoms with Gasteiger partial charge < -0.3 is 10.3 Å². The summed E-state index contributed by atoms with van der Waals surface area (Å²) in [6.45, 7) is 10.8. The number of aryl methyl sites for hydroxylation is 1. The second kappa shape index (κ2) is 6.01. The van der Waals surface area contributed by atoms with Gasteiger partial charge in [0.25, 0.3) is 0 Å². The Bertz CT molecular complexity index is 644. The molecule has 4 heteroatoms. The van der Waals surface area contributed by atoms with Crippen LogP contribution in [0.3, 0.4) is 0 Å². The van der Waals surface area contributed by atoms with E-state index < -0.39 is 0 Å². The van der Waals surface area contributed by atoms with E-state index in [4.69, 9.17) is 10.7 Å². The molecule has 2 aromatic rings. The minimum absolute atomic E-state index is 0.180. The lowest BCUT2D eigenvalue weighted by molar-refractivity contribution is 0.0870. The molecule has 1 atom stereocenters. The molecule has 120 valence electrons. The van der Waals surface area contributed by atoms with E-state index in [-0.39, 0.29) is 5.41 Å². The Morgan fingerprint density at radius 3 is 2.82 bits per heavy atom. The van der Waals surface area contributed by atoms with Gasteiger partial charge in [-0.3, -0.25) is 4.90 Å². The van der Waals surface area contributed by atoms with Crippen LogP contribution in [0.25, 0.3) is 11.0 Å². The van der Waals surface area contributed by atoms with Crippen LogP contribution >= 0.6 is 0 Å². The summed E-state index contributed by atoms with van der Waals surface area (Å²) in [6, 6.07) is 8.76. The molecule has 0 saturated carbocycles. The Morgan fingerprint density at radius 2 is 2.09 bits per heavy atom. The zero-order valence-electron chi connectivity index (χ0n) is 14.0. The van der Waals surface area contributed by atoms with E-state index in [1.165, 1.54) is 11.3 Å². The molecule has 0 bridgehead atoms. The highest BCUT2D eigenvalue weighted by atomic mass is 15.2. The normalized spacial score (nSPS) is 22.3. The molecule has 0 spiro atoms. The van der Waals surface area contributed by atoms with Gasteiger partial charge >= 0.3 is 0 Å². The largest absolute Gasteiger partial charge is 0.327 e. The van der Waals surface area contributed by atoms with Crippen molar-refractivity contribution in [3.8, 4) is 0 Å². The lowest BCUT2D eigenvalue weighted by Gasteiger charge is -2.42. The number of hydrogen-bond donors (Lipinski definition) is 1. The first-order chi connectivity index (χ1) is 10.5. The van der Waals surface area contributed by atoms with E-state index in [0.717, 1.165) is 44.5 Å². The van der Waals surface area contributed by atoms with Crippen LogP contribution in [0.1, 0.15) is 39.4 Å². The number of piperidine rings is 1. The second-order valence-electron chi connectivity index (χ2n) is 7.26. The van der Waals surface area contributed by atoms with Crippen LogP contribution < -0.4 is 5.73 Å². The van der Waals surface area contributed by atoms with Gasteiger partial charge in [0.05, 0.1) is 17.6 Å². The topological polar surface area (TPSA) is 47.1 Å². The molecule has 22 heavy (non-hydrogen) atoms. The maximum absolute atomic E-state index is 6.26. The van der Waals surface area contributed by atoms with Crippen LogP contribution in [0.15, 0.2) is 24.3 Å². The summed E-state index contributed by atoms with van der Waals surface area (Å²) in [5.74, 6) is 1.19. The molecule has 4 nitrogen and oxygen atoms in total. The van der Waals surface area contributed by atoms with Gasteiger partial charge in [-0.15, -0.1) is 0 Å². The minimum atomic E-state index is 0.180. The van der Waals surface area contributed by atoms with Crippen molar-refractivity contribution >= 4 is 11.0 Å². The first kappa shape index (κ1) is 15.5. The predicted molar refractivity (Wildman–Crippen MR) is 91.7 cm³/mol. The van der Waals surface area contributed by atoms with Gasteiger partial charge in [-0.25, -0.2) is 4.98 Å². The lowest BCUT2D eigenvalue weighted by Crippen LogP contribution is -2.52. The number of nitrogens with two attached hydrogens (primary N) is 1. The van der Waals surface area contributed by atoms with Crippen LogP contribution in [0, 0.1) is 5.41 Å². The molecule has 1 aromatic heterocycles. The molecule has 1 aliphatic rings. The number of nitrogens with zero attached hydrogens (tertiary/aromatic N) is 3. The fraction of sp³-hybridized carbons (Fsp3) is 0.611. The van der Waals surface area contributed by atoms with Crippen LogP contribution in [0.2, 0.25) is 0 Å². The van der Waals surface area contributed by atoms with Gasteiger partial charge in [-0.2, -0.15) is 0 Å². The number of likely N-dealkylation sites (tertiary alicyclic amines) is 1. The van der Waals surface area contributed by atoms with E-state index in [9.17, 15) is 0 Å². The molecule has 1 unspecified atom stereocenters. The molecule has 1 aromatic carbocycles. The van der Waals surface area contributed by atoms with E-state index >= 15 is 0 Å². The highest BCUT2D eigenvalue weighted by Gasteiger charge is 2.33. The van der Waals surface area contributed by atoms with Crippen molar-refractivity contribution < 1.29 is 0 Å². The van der Waals surface area contributed by atoms with Gasteiger partial charge in [0.15, 0.2) is 0 Å². The van der Waals surface area contributed by atoms with E-state index in [1.807, 2.05) is 0 Å². The van der Waals surface area contributed by atoms with Crippen LogP contribution in [-0.2, 0) is 13.1 Å². The lowest BCUT2D eigenvalue weighted by atomic mass is 9.80. The fourth-order valence-electron chi connectivity index (χ4n) is 3.54. The van der Waals surface area contributed by atoms with Crippen LogP contribution in [0.4, 0.5) is 0 Å². The number of hydrogen-bond acceptors (Lipinski definition) is 3. The summed E-state index contributed by atoms with van der Waals surface area (Å²) >= 11 is 0. The van der Waals surface area contributed by atoms with Crippen molar-refractivity contribution in [1.29, 1.82) is 0 Å². The first-order valence-corrected chi connectivity index (χ1v) is 8.43. The molecule has 1 aliphatic heterocycles. The summed E-state index contributed by atoms with van der Waals surface area (Å²) in [5, 5.41) is 0. The number of para-hydroxylation sites is 2. The minimum Gasteiger partial charge on any atom is -0.327 e. The van der Waals surface area contributed by atoms with E-state index in [2.05, 4.69) is 54.5 Å². The van der Waals surface area contributed by atoms with Crippen molar-refractivity contribution in [2.75, 3.05) is 13.1 Å². The summed E-state index contributed by atoms with van der Waals surface area (Å²) in [4.78, 5) is 7.39. The third-order valence-corrected chi connectivity index (χ3v) is 4.94. The Kier molecular flexibility index (Phi) is 4.24. The average Bonchev–Trinajstić information content (AvgIpc) is 2.81. The second-order valence-corrected chi connectivity index (χ2v) is 7.26. The smallest absolute Gasteiger partial charge is 0.124 e. The number of imidazole rings is 1. The molecular weight excluding hydrogens is 272 g/mol. The molecule has 1 saturated heterocycles. The van der Waals surface area contributed by atoms with Crippen molar-refractivity contribution in [1.82, 2.24) is 14.5 Å². The monoisotopic (exact) mass is 300 g/mol. The molecule has 0 radical (unpaired) electrons. The predicted octanol–water partition coefficient (Wildman–Crippen LogP) is 3.01. The Balaban J connectivity index is 1.86. The fourth-order valence-corrected chi connectivity index (χ4v) is 3.54. The molecular formula is C18H28N4. The summed E-state index contributed by atoms with van der Waals surface area (Å²) in [5.41, 5.74) is 8.81. The molecule has 0 amide bonds. The number of benzene rings is 1. The highest BCUT2D eigenvalue weighted by molar-refractivity contribution is 5.75. The SMILES string of the molecule is CCCn1c(CN2CCC(N)C(C)(C)C2)nc2ccccc21. The standard InChI is InChI=1S/C18H28N4/c1-4-10-22-15-8-6-5-7-14(15)20-17(22)12-21-11-9-16(19)18(2,3)13-21/h5-8,16H,4,9-13,19H2,1-3H3. The molecule has 2 heterocycles. The third-order valence-electron chi connectivity index (χ3n) is 4.94. The van der Waals surface area contributed by atoms with E-state index in [0.29, 0.717) is 6.04 Å². The maximum atomic E-state index is 6.26. The molecule has 2 N–H and O–H groups in total. The van der Waals surface area contributed by atoms with Crippen molar-refractivity contribution in [2.24, 2.45) is 11.1 Å². The zero-order valence-corrected chi connectivity index (χ0v) is 14.0. The van der Waals surface area contributed by atoms with Crippen LogP contribution in [-0.4, -0.2) is 33.6 Å². The average molecular weight is 300 g/mol. The van der Waals surface area contributed by atoms with Crippen molar-refractivity contribution in [3.05, 3.63) is 30.1 Å².